The largest absolute Gasteiger partial charge is 0.333 e. The van der Waals surface area contributed by atoms with Crippen LogP contribution in [0.4, 0.5) is 4.39 Å². The zero-order valence-corrected chi connectivity index (χ0v) is 15.3. The van der Waals surface area contributed by atoms with Gasteiger partial charge in [-0.05, 0) is 30.8 Å². The van der Waals surface area contributed by atoms with Crippen molar-refractivity contribution in [3.05, 3.63) is 71.5 Å². The standard InChI is InChI=1S/C21H26FN3O/c1-23-10-12-24(13-11-23)14-15-25(17-18-6-3-2-4-7-18)21(26)19-8-5-9-20(22)16-19/h2-9,16H,10-15,17H2,1H3. The SMILES string of the molecule is CN1CCN(CCN(Cc2ccccc2)C(=O)c2cccc(F)c2)CC1. The van der Waals surface area contributed by atoms with Gasteiger partial charge in [0.1, 0.15) is 5.82 Å². The highest BCUT2D eigenvalue weighted by molar-refractivity contribution is 5.94. The Labute approximate surface area is 154 Å². The summed E-state index contributed by atoms with van der Waals surface area (Å²) >= 11 is 0. The average molecular weight is 355 g/mol. The number of amides is 1. The molecule has 138 valence electrons. The summed E-state index contributed by atoms with van der Waals surface area (Å²) in [6.45, 7) is 6.14. The lowest BCUT2D eigenvalue weighted by atomic mass is 10.1. The Kier molecular flexibility index (Phi) is 6.36. The van der Waals surface area contributed by atoms with E-state index in [1.54, 1.807) is 12.1 Å². The van der Waals surface area contributed by atoms with Crippen molar-refractivity contribution in [2.75, 3.05) is 46.3 Å². The second-order valence-corrected chi connectivity index (χ2v) is 6.87. The highest BCUT2D eigenvalue weighted by atomic mass is 19.1. The van der Waals surface area contributed by atoms with Gasteiger partial charge in [0.25, 0.3) is 5.91 Å². The summed E-state index contributed by atoms with van der Waals surface area (Å²) in [6, 6.07) is 15.9. The third kappa shape index (κ3) is 5.13. The summed E-state index contributed by atoms with van der Waals surface area (Å²) in [5.74, 6) is -0.503. The molecule has 0 aliphatic carbocycles. The maximum Gasteiger partial charge on any atom is 0.254 e. The number of benzene rings is 2. The van der Waals surface area contributed by atoms with Gasteiger partial charge in [0, 0.05) is 51.4 Å². The van der Waals surface area contributed by atoms with Crippen LogP contribution in [0.25, 0.3) is 0 Å². The Morgan fingerprint density at radius 2 is 1.77 bits per heavy atom. The smallest absolute Gasteiger partial charge is 0.254 e. The van der Waals surface area contributed by atoms with Crippen molar-refractivity contribution in [2.24, 2.45) is 0 Å². The van der Waals surface area contributed by atoms with Crippen molar-refractivity contribution < 1.29 is 9.18 Å². The number of rotatable bonds is 6. The van der Waals surface area contributed by atoms with Gasteiger partial charge in [-0.3, -0.25) is 9.69 Å². The van der Waals surface area contributed by atoms with E-state index < -0.39 is 0 Å². The molecule has 0 saturated carbocycles. The van der Waals surface area contributed by atoms with Gasteiger partial charge in [0.2, 0.25) is 0 Å². The summed E-state index contributed by atoms with van der Waals surface area (Å²) in [5.41, 5.74) is 1.48. The molecule has 1 amide bonds. The molecule has 0 unspecified atom stereocenters. The van der Waals surface area contributed by atoms with Crippen molar-refractivity contribution in [3.63, 3.8) is 0 Å². The van der Waals surface area contributed by atoms with Crippen molar-refractivity contribution in [3.8, 4) is 0 Å². The molecule has 2 aromatic rings. The van der Waals surface area contributed by atoms with Crippen molar-refractivity contribution in [1.82, 2.24) is 14.7 Å². The van der Waals surface area contributed by atoms with Gasteiger partial charge in [0.05, 0.1) is 0 Å². The lowest BCUT2D eigenvalue weighted by molar-refractivity contribution is 0.0700. The van der Waals surface area contributed by atoms with Crippen LogP contribution in [0.5, 0.6) is 0 Å². The minimum atomic E-state index is -0.380. The van der Waals surface area contributed by atoms with Crippen molar-refractivity contribution in [1.29, 1.82) is 0 Å². The summed E-state index contributed by atoms with van der Waals surface area (Å²) < 4.78 is 13.5. The Hall–Kier alpha value is -2.24. The van der Waals surface area contributed by atoms with E-state index in [4.69, 9.17) is 0 Å². The van der Waals surface area contributed by atoms with E-state index in [-0.39, 0.29) is 11.7 Å². The predicted octanol–water partition coefficient (Wildman–Crippen LogP) is 2.72. The van der Waals surface area contributed by atoms with Crippen LogP contribution in [0, 0.1) is 5.82 Å². The molecule has 0 N–H and O–H groups in total. The monoisotopic (exact) mass is 355 g/mol. The molecule has 1 saturated heterocycles. The maximum atomic E-state index is 13.5. The minimum absolute atomic E-state index is 0.123. The first kappa shape index (κ1) is 18.5. The number of piperazine rings is 1. The lowest BCUT2D eigenvalue weighted by Gasteiger charge is -2.34. The van der Waals surface area contributed by atoms with Gasteiger partial charge in [-0.15, -0.1) is 0 Å². The number of carbonyl (C=O) groups excluding carboxylic acids is 1. The van der Waals surface area contributed by atoms with E-state index in [1.807, 2.05) is 35.2 Å². The quantitative estimate of drug-likeness (QED) is 0.797. The first-order chi connectivity index (χ1) is 12.6. The normalized spacial score (nSPS) is 15.8. The molecular formula is C21H26FN3O. The van der Waals surface area contributed by atoms with Crippen molar-refractivity contribution >= 4 is 5.91 Å². The van der Waals surface area contributed by atoms with Gasteiger partial charge in [-0.2, -0.15) is 0 Å². The molecule has 0 aromatic heterocycles. The zero-order chi connectivity index (χ0) is 18.4. The van der Waals surface area contributed by atoms with Crippen molar-refractivity contribution in [2.45, 2.75) is 6.54 Å². The van der Waals surface area contributed by atoms with E-state index in [1.165, 1.54) is 12.1 Å². The van der Waals surface area contributed by atoms with Gasteiger partial charge < -0.3 is 9.80 Å². The second kappa shape index (κ2) is 8.92. The molecule has 1 aliphatic rings. The predicted molar refractivity (Wildman–Crippen MR) is 102 cm³/mol. The summed E-state index contributed by atoms with van der Waals surface area (Å²) in [5, 5.41) is 0. The van der Waals surface area contributed by atoms with Crippen LogP contribution in [0.15, 0.2) is 54.6 Å². The van der Waals surface area contributed by atoms with E-state index in [9.17, 15) is 9.18 Å². The first-order valence-corrected chi connectivity index (χ1v) is 9.11. The van der Waals surface area contributed by atoms with E-state index in [0.717, 1.165) is 38.3 Å². The Bertz CT molecular complexity index is 714. The zero-order valence-electron chi connectivity index (χ0n) is 15.3. The number of nitrogens with zero attached hydrogens (tertiary/aromatic N) is 3. The highest BCUT2D eigenvalue weighted by Gasteiger charge is 2.19. The van der Waals surface area contributed by atoms with Crippen LogP contribution < -0.4 is 0 Å². The fourth-order valence-corrected chi connectivity index (χ4v) is 3.19. The van der Waals surface area contributed by atoms with E-state index in [0.29, 0.717) is 18.7 Å². The van der Waals surface area contributed by atoms with Crippen LogP contribution in [0.1, 0.15) is 15.9 Å². The maximum absolute atomic E-state index is 13.5. The van der Waals surface area contributed by atoms with Gasteiger partial charge in [-0.1, -0.05) is 36.4 Å². The highest BCUT2D eigenvalue weighted by Crippen LogP contribution is 2.12. The second-order valence-electron chi connectivity index (χ2n) is 6.87. The Morgan fingerprint density at radius 3 is 2.46 bits per heavy atom. The molecule has 3 rings (SSSR count). The minimum Gasteiger partial charge on any atom is -0.333 e. The number of carbonyl (C=O) groups is 1. The fourth-order valence-electron chi connectivity index (χ4n) is 3.19. The molecule has 4 nitrogen and oxygen atoms in total. The Morgan fingerprint density at radius 1 is 1.04 bits per heavy atom. The summed E-state index contributed by atoms with van der Waals surface area (Å²) in [6.07, 6.45) is 0. The summed E-state index contributed by atoms with van der Waals surface area (Å²) in [4.78, 5) is 19.5. The molecule has 26 heavy (non-hydrogen) atoms. The molecule has 0 spiro atoms. The van der Waals surface area contributed by atoms with Gasteiger partial charge in [-0.25, -0.2) is 4.39 Å². The topological polar surface area (TPSA) is 26.8 Å². The molecule has 0 radical (unpaired) electrons. The molecular weight excluding hydrogens is 329 g/mol. The molecule has 5 heteroatoms. The molecule has 1 heterocycles. The first-order valence-electron chi connectivity index (χ1n) is 9.11. The van der Waals surface area contributed by atoms with Crippen LogP contribution in [0.2, 0.25) is 0 Å². The number of hydrogen-bond acceptors (Lipinski definition) is 3. The molecule has 1 aliphatic heterocycles. The third-order valence-electron chi connectivity index (χ3n) is 4.86. The Balaban J connectivity index is 1.69. The molecule has 0 bridgehead atoms. The van der Waals surface area contributed by atoms with Crippen LogP contribution in [-0.4, -0.2) is 66.9 Å². The van der Waals surface area contributed by atoms with E-state index in [2.05, 4.69) is 16.8 Å². The fraction of sp³-hybridized carbons (Fsp3) is 0.381. The third-order valence-corrected chi connectivity index (χ3v) is 4.86. The molecule has 1 fully saturated rings. The average Bonchev–Trinajstić information content (AvgIpc) is 2.66. The van der Waals surface area contributed by atoms with Gasteiger partial charge in [0.15, 0.2) is 0 Å². The summed E-state index contributed by atoms with van der Waals surface area (Å²) in [7, 11) is 2.13. The number of hydrogen-bond donors (Lipinski definition) is 0. The van der Waals surface area contributed by atoms with Gasteiger partial charge >= 0.3 is 0 Å². The molecule has 0 atom stereocenters. The number of likely N-dealkylation sites (N-methyl/N-ethyl adjacent to an activating group) is 1. The van der Waals surface area contributed by atoms with Crippen LogP contribution in [-0.2, 0) is 6.54 Å². The number of halogens is 1. The lowest BCUT2D eigenvalue weighted by Crippen LogP contribution is -2.47. The van der Waals surface area contributed by atoms with Crippen LogP contribution >= 0.6 is 0 Å². The van der Waals surface area contributed by atoms with Crippen LogP contribution in [0.3, 0.4) is 0 Å². The molecule has 2 aromatic carbocycles. The van der Waals surface area contributed by atoms with E-state index >= 15 is 0 Å².